The third-order valence-corrected chi connectivity index (χ3v) is 1.47. The first-order chi connectivity index (χ1) is 6.27. The number of benzene rings is 1. The van der Waals surface area contributed by atoms with E-state index < -0.39 is 5.91 Å². The summed E-state index contributed by atoms with van der Waals surface area (Å²) < 4.78 is 4.96. The molecule has 0 aromatic heterocycles. The number of methoxy groups -OCH3 is 1. The highest BCUT2D eigenvalue weighted by Crippen LogP contribution is 2.22. The van der Waals surface area contributed by atoms with Crippen LogP contribution >= 0.6 is 0 Å². The molecule has 0 unspecified atom stereocenters. The number of ether oxygens (including phenoxy) is 1. The molecule has 0 saturated heterocycles. The summed E-state index contributed by atoms with van der Waals surface area (Å²) in [4.78, 5) is 20.8. The van der Waals surface area contributed by atoms with E-state index in [-0.39, 0.29) is 6.29 Å². The molecule has 13 heavy (non-hydrogen) atoms. The highest BCUT2D eigenvalue weighted by molar-refractivity contribution is 6.29. The zero-order valence-electron chi connectivity index (χ0n) is 7.11. The Morgan fingerprint density at radius 1 is 1.46 bits per heavy atom. The van der Waals surface area contributed by atoms with Crippen molar-refractivity contribution in [3.63, 3.8) is 0 Å². The first-order valence-corrected chi connectivity index (χ1v) is 3.67. The minimum absolute atomic E-state index is 0.215. The molecule has 0 bridgehead atoms. The highest BCUT2D eigenvalue weighted by Gasteiger charge is 2.04. The van der Waals surface area contributed by atoms with Crippen molar-refractivity contribution in [3.8, 4) is 5.75 Å². The third kappa shape index (κ3) is 2.30. The van der Waals surface area contributed by atoms with Gasteiger partial charge in [0.1, 0.15) is 5.75 Å². The SMILES string of the molecule is COc1ccccc1NC(=O)C=O. The fraction of sp³-hybridized carbons (Fsp3) is 0.111. The second-order valence-corrected chi connectivity index (χ2v) is 2.31. The van der Waals surface area contributed by atoms with Crippen molar-refractivity contribution < 1.29 is 14.3 Å². The lowest BCUT2D eigenvalue weighted by atomic mass is 10.3. The zero-order chi connectivity index (χ0) is 9.68. The lowest BCUT2D eigenvalue weighted by molar-refractivity contribution is -0.127. The van der Waals surface area contributed by atoms with E-state index in [0.717, 1.165) is 0 Å². The fourth-order valence-corrected chi connectivity index (χ4v) is 0.910. The van der Waals surface area contributed by atoms with Gasteiger partial charge in [0.15, 0.2) is 0 Å². The van der Waals surface area contributed by atoms with Crippen molar-refractivity contribution in [1.82, 2.24) is 0 Å². The number of anilines is 1. The number of nitrogens with one attached hydrogen (secondary N) is 1. The number of hydrogen-bond acceptors (Lipinski definition) is 3. The summed E-state index contributed by atoms with van der Waals surface area (Å²) in [5.41, 5.74) is 0.488. The van der Waals surface area contributed by atoms with Crippen LogP contribution in [0.4, 0.5) is 5.69 Å². The molecule has 1 aromatic carbocycles. The van der Waals surface area contributed by atoms with E-state index in [4.69, 9.17) is 4.74 Å². The Morgan fingerprint density at radius 2 is 2.15 bits per heavy atom. The van der Waals surface area contributed by atoms with Crippen LogP contribution in [0.1, 0.15) is 0 Å². The van der Waals surface area contributed by atoms with Gasteiger partial charge < -0.3 is 10.1 Å². The normalized spacial score (nSPS) is 9.00. The molecule has 1 N–H and O–H groups in total. The van der Waals surface area contributed by atoms with Crippen LogP contribution in [0.3, 0.4) is 0 Å². The minimum atomic E-state index is -0.690. The van der Waals surface area contributed by atoms with Crippen LogP contribution in [-0.2, 0) is 9.59 Å². The van der Waals surface area contributed by atoms with Crippen molar-refractivity contribution in [2.24, 2.45) is 0 Å². The van der Waals surface area contributed by atoms with E-state index in [9.17, 15) is 9.59 Å². The van der Waals surface area contributed by atoms with Crippen LogP contribution in [0, 0.1) is 0 Å². The van der Waals surface area contributed by atoms with E-state index in [2.05, 4.69) is 5.32 Å². The molecule has 0 fully saturated rings. The number of carbonyl (C=O) groups excluding carboxylic acids is 2. The summed E-state index contributed by atoms with van der Waals surface area (Å²) >= 11 is 0. The lowest BCUT2D eigenvalue weighted by Gasteiger charge is -2.06. The van der Waals surface area contributed by atoms with E-state index in [1.165, 1.54) is 7.11 Å². The van der Waals surface area contributed by atoms with Gasteiger partial charge in [0.05, 0.1) is 12.8 Å². The molecule has 0 aliphatic carbocycles. The van der Waals surface area contributed by atoms with Crippen molar-refractivity contribution in [1.29, 1.82) is 0 Å². The Bertz CT molecular complexity index is 322. The van der Waals surface area contributed by atoms with Gasteiger partial charge >= 0.3 is 0 Å². The molecule has 0 spiro atoms. The van der Waals surface area contributed by atoms with Crippen LogP contribution in [0.5, 0.6) is 5.75 Å². The molecule has 4 heteroatoms. The second kappa shape index (κ2) is 4.25. The maximum absolute atomic E-state index is 10.7. The van der Waals surface area contributed by atoms with Gasteiger partial charge in [-0.25, -0.2) is 0 Å². The van der Waals surface area contributed by atoms with Gasteiger partial charge in [-0.1, -0.05) is 12.1 Å². The Kier molecular flexibility index (Phi) is 3.03. The summed E-state index contributed by atoms with van der Waals surface area (Å²) in [6.07, 6.45) is 0.215. The van der Waals surface area contributed by atoms with Gasteiger partial charge in [0.25, 0.3) is 5.91 Å². The van der Waals surface area contributed by atoms with Crippen LogP contribution in [-0.4, -0.2) is 19.3 Å². The van der Waals surface area contributed by atoms with Gasteiger partial charge in [0, 0.05) is 0 Å². The maximum atomic E-state index is 10.7. The van der Waals surface area contributed by atoms with Crippen LogP contribution in [0.25, 0.3) is 0 Å². The molecule has 0 radical (unpaired) electrons. The smallest absolute Gasteiger partial charge is 0.288 e. The highest BCUT2D eigenvalue weighted by atomic mass is 16.5. The molecule has 1 amide bonds. The Morgan fingerprint density at radius 3 is 2.77 bits per heavy atom. The molecule has 0 heterocycles. The fourth-order valence-electron chi connectivity index (χ4n) is 0.910. The molecule has 0 saturated carbocycles. The number of amides is 1. The molecule has 0 aliphatic heterocycles. The zero-order valence-corrected chi connectivity index (χ0v) is 7.11. The predicted octanol–water partition coefficient (Wildman–Crippen LogP) is 0.833. The monoisotopic (exact) mass is 179 g/mol. The summed E-state index contributed by atoms with van der Waals surface area (Å²) in [7, 11) is 1.49. The van der Waals surface area contributed by atoms with Crippen molar-refractivity contribution in [2.45, 2.75) is 0 Å². The van der Waals surface area contributed by atoms with E-state index in [0.29, 0.717) is 11.4 Å². The van der Waals surface area contributed by atoms with Crippen LogP contribution < -0.4 is 10.1 Å². The average molecular weight is 179 g/mol. The number of aldehydes is 1. The topological polar surface area (TPSA) is 55.4 Å². The Hall–Kier alpha value is -1.84. The quantitative estimate of drug-likeness (QED) is 0.552. The minimum Gasteiger partial charge on any atom is -0.495 e. The van der Waals surface area contributed by atoms with E-state index >= 15 is 0 Å². The van der Waals surface area contributed by atoms with Crippen LogP contribution in [0.15, 0.2) is 24.3 Å². The van der Waals surface area contributed by atoms with Crippen molar-refractivity contribution in [3.05, 3.63) is 24.3 Å². The number of para-hydroxylation sites is 2. The summed E-state index contributed by atoms with van der Waals surface area (Å²) in [5, 5.41) is 2.38. The van der Waals surface area contributed by atoms with Gasteiger partial charge in [-0.05, 0) is 12.1 Å². The van der Waals surface area contributed by atoms with E-state index in [1.54, 1.807) is 24.3 Å². The molecule has 0 aliphatic rings. The van der Waals surface area contributed by atoms with Gasteiger partial charge in [-0.15, -0.1) is 0 Å². The second-order valence-electron chi connectivity index (χ2n) is 2.31. The Labute approximate surface area is 75.5 Å². The molecular formula is C9H9NO3. The van der Waals surface area contributed by atoms with E-state index in [1.807, 2.05) is 0 Å². The first kappa shape index (κ1) is 9.25. The summed E-state index contributed by atoms with van der Waals surface area (Å²) in [6.45, 7) is 0. The van der Waals surface area contributed by atoms with Gasteiger partial charge in [-0.2, -0.15) is 0 Å². The maximum Gasteiger partial charge on any atom is 0.288 e. The van der Waals surface area contributed by atoms with Crippen molar-refractivity contribution in [2.75, 3.05) is 12.4 Å². The number of rotatable bonds is 3. The summed E-state index contributed by atoms with van der Waals surface area (Å²) in [5.74, 6) is -0.165. The number of hydrogen-bond donors (Lipinski definition) is 1. The first-order valence-electron chi connectivity index (χ1n) is 3.67. The largest absolute Gasteiger partial charge is 0.495 e. The van der Waals surface area contributed by atoms with Gasteiger partial charge in [-0.3, -0.25) is 9.59 Å². The molecule has 68 valence electrons. The molecule has 0 atom stereocenters. The number of carbonyl (C=O) groups is 2. The standard InChI is InChI=1S/C9H9NO3/c1-13-8-5-3-2-4-7(8)10-9(12)6-11/h2-6H,1H3,(H,10,12). The third-order valence-electron chi connectivity index (χ3n) is 1.47. The molecule has 1 rings (SSSR count). The lowest BCUT2D eigenvalue weighted by Crippen LogP contribution is -2.12. The molecule has 4 nitrogen and oxygen atoms in total. The predicted molar refractivity (Wildman–Crippen MR) is 47.7 cm³/mol. The van der Waals surface area contributed by atoms with Crippen LogP contribution in [0.2, 0.25) is 0 Å². The van der Waals surface area contributed by atoms with Gasteiger partial charge in [0.2, 0.25) is 6.29 Å². The molecular weight excluding hydrogens is 170 g/mol. The Balaban J connectivity index is 2.86. The average Bonchev–Trinajstić information content (AvgIpc) is 2.18. The van der Waals surface area contributed by atoms with Crippen molar-refractivity contribution >= 4 is 17.9 Å². The molecule has 1 aromatic rings. The summed E-state index contributed by atoms with van der Waals surface area (Å²) in [6, 6.07) is 6.86.